The lowest BCUT2D eigenvalue weighted by molar-refractivity contribution is -0.143. The van der Waals surface area contributed by atoms with Gasteiger partial charge in [0.25, 0.3) is 5.91 Å². The Labute approximate surface area is 173 Å². The van der Waals surface area contributed by atoms with Crippen molar-refractivity contribution in [1.29, 1.82) is 0 Å². The van der Waals surface area contributed by atoms with Crippen molar-refractivity contribution in [1.82, 2.24) is 24.8 Å². The van der Waals surface area contributed by atoms with Gasteiger partial charge in [0.1, 0.15) is 0 Å². The quantitative estimate of drug-likeness (QED) is 0.535. The van der Waals surface area contributed by atoms with Crippen molar-refractivity contribution in [3.8, 4) is 11.3 Å². The van der Waals surface area contributed by atoms with Crippen LogP contribution >= 0.6 is 11.8 Å². The summed E-state index contributed by atoms with van der Waals surface area (Å²) >= 11 is 6.12. The predicted octanol–water partition coefficient (Wildman–Crippen LogP) is 1.04. The van der Waals surface area contributed by atoms with E-state index in [9.17, 15) is 14.4 Å². The number of aromatic nitrogens is 2. The Balaban J connectivity index is 1.53. The molecule has 10 heteroatoms. The molecule has 1 aromatic heterocycles. The maximum atomic E-state index is 12.5. The zero-order valence-corrected chi connectivity index (χ0v) is 16.7. The van der Waals surface area contributed by atoms with Crippen LogP contribution in [0.4, 0.5) is 0 Å². The number of methoxy groups -OCH3 is 1. The fraction of sp³-hybridized carbons (Fsp3) is 0.368. The van der Waals surface area contributed by atoms with E-state index in [1.807, 2.05) is 30.3 Å². The second-order valence-corrected chi connectivity index (χ2v) is 7.05. The molecule has 2 amide bonds. The summed E-state index contributed by atoms with van der Waals surface area (Å²) in [7, 11) is 1.31. The van der Waals surface area contributed by atoms with E-state index in [1.54, 1.807) is 11.0 Å². The number of H-pyrrole nitrogens is 1. The molecule has 1 atom stereocenters. The largest absolute Gasteiger partial charge is 0.469 e. The van der Waals surface area contributed by atoms with Crippen LogP contribution in [-0.4, -0.2) is 76.6 Å². The molecular weight excluding hydrogens is 398 g/mol. The summed E-state index contributed by atoms with van der Waals surface area (Å²) in [6, 6.07) is 10.8. The van der Waals surface area contributed by atoms with Gasteiger partial charge in [0.15, 0.2) is 5.69 Å². The molecule has 1 aliphatic rings. The van der Waals surface area contributed by atoms with Gasteiger partial charge in [-0.1, -0.05) is 30.3 Å². The van der Waals surface area contributed by atoms with E-state index in [0.717, 1.165) is 5.56 Å². The second kappa shape index (κ2) is 9.53. The topological polar surface area (TPSA) is 108 Å². The number of hydrogen-bond acceptors (Lipinski definition) is 6. The highest BCUT2D eigenvalue weighted by molar-refractivity contribution is 6.13. The van der Waals surface area contributed by atoms with Gasteiger partial charge in [0.05, 0.1) is 31.8 Å². The van der Waals surface area contributed by atoms with Crippen LogP contribution in [0.25, 0.3) is 11.3 Å². The Morgan fingerprint density at radius 3 is 2.76 bits per heavy atom. The molecule has 1 aliphatic heterocycles. The number of hydrogen-bond donors (Lipinski definition) is 2. The molecule has 0 radical (unpaired) electrons. The molecular formula is C19H22ClN5O4. The fourth-order valence-corrected chi connectivity index (χ4v) is 3.27. The number of carbonyl (C=O) groups is 3. The van der Waals surface area contributed by atoms with Crippen molar-refractivity contribution in [2.24, 2.45) is 0 Å². The van der Waals surface area contributed by atoms with E-state index in [1.165, 1.54) is 11.5 Å². The van der Waals surface area contributed by atoms with E-state index in [2.05, 4.69) is 20.3 Å². The molecule has 154 valence electrons. The standard InChI is InChI=1S/C19H22ClN5O4/c1-29-18(27)9-14-12-24(7-8-25(14)20)17(26)11-21-19(28)16-10-15(22-23-16)13-5-3-2-4-6-13/h2-6,10,14H,7-9,11-12H2,1H3,(H,21,28)(H,22,23). The minimum Gasteiger partial charge on any atom is -0.469 e. The van der Waals surface area contributed by atoms with Crippen LogP contribution in [0, 0.1) is 0 Å². The van der Waals surface area contributed by atoms with Crippen LogP contribution < -0.4 is 5.32 Å². The Bertz CT molecular complexity index is 872. The lowest BCUT2D eigenvalue weighted by Crippen LogP contribution is -2.54. The summed E-state index contributed by atoms with van der Waals surface area (Å²) in [5, 5.41) is 9.42. The highest BCUT2D eigenvalue weighted by atomic mass is 35.5. The fourth-order valence-electron chi connectivity index (χ4n) is 3.06. The molecule has 1 saturated heterocycles. The molecule has 2 N–H and O–H groups in total. The van der Waals surface area contributed by atoms with Crippen molar-refractivity contribution < 1.29 is 19.1 Å². The molecule has 9 nitrogen and oxygen atoms in total. The minimum atomic E-state index is -0.445. The summed E-state index contributed by atoms with van der Waals surface area (Å²) < 4.78 is 6.17. The zero-order chi connectivity index (χ0) is 20.8. The van der Waals surface area contributed by atoms with Gasteiger partial charge in [-0.2, -0.15) is 5.10 Å². The van der Waals surface area contributed by atoms with Crippen LogP contribution in [0.2, 0.25) is 0 Å². The normalized spacial score (nSPS) is 17.0. The van der Waals surface area contributed by atoms with E-state index in [0.29, 0.717) is 18.8 Å². The molecule has 1 fully saturated rings. The SMILES string of the molecule is COC(=O)CC1CN(C(=O)CNC(=O)c2cc(-c3ccccc3)[nH]n2)CCN1Cl. The van der Waals surface area contributed by atoms with E-state index >= 15 is 0 Å². The number of halogens is 1. The summed E-state index contributed by atoms with van der Waals surface area (Å²) in [6.07, 6.45) is 0.0890. The summed E-state index contributed by atoms with van der Waals surface area (Å²) in [5.41, 5.74) is 1.82. The van der Waals surface area contributed by atoms with Crippen LogP contribution in [0.3, 0.4) is 0 Å². The Kier molecular flexibility index (Phi) is 6.84. The number of piperazine rings is 1. The average molecular weight is 420 g/mol. The van der Waals surface area contributed by atoms with Crippen molar-refractivity contribution >= 4 is 29.6 Å². The number of benzene rings is 1. The van der Waals surface area contributed by atoms with Crippen LogP contribution in [0.1, 0.15) is 16.9 Å². The second-order valence-electron chi connectivity index (χ2n) is 6.61. The van der Waals surface area contributed by atoms with E-state index in [4.69, 9.17) is 11.8 Å². The molecule has 0 aliphatic carbocycles. The number of rotatable bonds is 6. The first-order chi connectivity index (χ1) is 14.0. The third-order valence-corrected chi connectivity index (χ3v) is 5.13. The first-order valence-electron chi connectivity index (χ1n) is 9.14. The smallest absolute Gasteiger partial charge is 0.307 e. The van der Waals surface area contributed by atoms with Gasteiger partial charge in [-0.25, -0.2) is 4.42 Å². The molecule has 0 bridgehead atoms. The van der Waals surface area contributed by atoms with Crippen molar-refractivity contribution in [2.75, 3.05) is 33.3 Å². The third kappa shape index (κ3) is 5.33. The molecule has 1 unspecified atom stereocenters. The van der Waals surface area contributed by atoms with E-state index < -0.39 is 11.9 Å². The zero-order valence-electron chi connectivity index (χ0n) is 15.9. The van der Waals surface area contributed by atoms with Gasteiger partial charge in [0.2, 0.25) is 5.91 Å². The van der Waals surface area contributed by atoms with Crippen molar-refractivity contribution in [2.45, 2.75) is 12.5 Å². The maximum absolute atomic E-state index is 12.5. The third-order valence-electron chi connectivity index (χ3n) is 4.69. The molecule has 2 aromatic rings. The maximum Gasteiger partial charge on any atom is 0.307 e. The number of nitrogens with one attached hydrogen (secondary N) is 2. The molecule has 0 spiro atoms. The number of esters is 1. The number of ether oxygens (including phenoxy) is 1. The number of carbonyl (C=O) groups excluding carboxylic acids is 3. The van der Waals surface area contributed by atoms with E-state index in [-0.39, 0.29) is 37.2 Å². The van der Waals surface area contributed by atoms with Gasteiger partial charge < -0.3 is 15.0 Å². The molecule has 2 heterocycles. The predicted molar refractivity (Wildman–Crippen MR) is 106 cm³/mol. The Morgan fingerprint density at radius 1 is 1.28 bits per heavy atom. The first kappa shape index (κ1) is 20.8. The van der Waals surface area contributed by atoms with Crippen LogP contribution in [0.15, 0.2) is 36.4 Å². The van der Waals surface area contributed by atoms with Gasteiger partial charge >= 0.3 is 5.97 Å². The van der Waals surface area contributed by atoms with Crippen molar-refractivity contribution in [3.63, 3.8) is 0 Å². The highest BCUT2D eigenvalue weighted by Gasteiger charge is 2.30. The van der Waals surface area contributed by atoms with Gasteiger partial charge in [-0.05, 0) is 23.4 Å². The Morgan fingerprint density at radius 2 is 2.03 bits per heavy atom. The lowest BCUT2D eigenvalue weighted by atomic mass is 10.1. The highest BCUT2D eigenvalue weighted by Crippen LogP contribution is 2.17. The summed E-state index contributed by atoms with van der Waals surface area (Å²) in [6.45, 7) is 0.951. The van der Waals surface area contributed by atoms with Gasteiger partial charge in [0, 0.05) is 19.6 Å². The molecule has 1 aromatic carbocycles. The monoisotopic (exact) mass is 419 g/mol. The number of nitrogens with zero attached hydrogens (tertiary/aromatic N) is 3. The summed E-state index contributed by atoms with van der Waals surface area (Å²) in [5.74, 6) is -1.09. The molecule has 29 heavy (non-hydrogen) atoms. The average Bonchev–Trinajstić information content (AvgIpc) is 3.24. The van der Waals surface area contributed by atoms with Gasteiger partial charge in [-0.3, -0.25) is 19.5 Å². The Hall–Kier alpha value is -2.91. The first-order valence-corrected chi connectivity index (χ1v) is 9.47. The molecule has 3 rings (SSSR count). The van der Waals surface area contributed by atoms with Gasteiger partial charge in [-0.15, -0.1) is 0 Å². The number of aromatic amines is 1. The van der Waals surface area contributed by atoms with Crippen LogP contribution in [0.5, 0.6) is 0 Å². The number of amides is 2. The van der Waals surface area contributed by atoms with Crippen molar-refractivity contribution in [3.05, 3.63) is 42.1 Å². The minimum absolute atomic E-state index is 0.0890. The lowest BCUT2D eigenvalue weighted by Gasteiger charge is -2.37. The molecule has 0 saturated carbocycles. The summed E-state index contributed by atoms with van der Waals surface area (Å²) in [4.78, 5) is 37.9. The van der Waals surface area contributed by atoms with Crippen LogP contribution in [-0.2, 0) is 14.3 Å².